The fourth-order valence-electron chi connectivity index (χ4n) is 1.92. The van der Waals surface area contributed by atoms with Gasteiger partial charge in [0, 0.05) is 9.86 Å². The number of halogens is 2. The number of para-hydroxylation sites is 1. The zero-order chi connectivity index (χ0) is 15.0. The van der Waals surface area contributed by atoms with Gasteiger partial charge in [-0.25, -0.2) is 12.8 Å². The quantitative estimate of drug-likeness (QED) is 0.743. The fraction of sp³-hybridized carbons (Fsp3) is 0. The van der Waals surface area contributed by atoms with Crippen molar-refractivity contribution in [2.24, 2.45) is 0 Å². The molecule has 21 heavy (non-hydrogen) atoms. The minimum absolute atomic E-state index is 0.132. The third kappa shape index (κ3) is 2.64. The molecule has 0 bridgehead atoms. The number of hydrogen-bond acceptors (Lipinski definition) is 3. The zero-order valence-corrected chi connectivity index (χ0v) is 12.9. The van der Waals surface area contributed by atoms with Gasteiger partial charge in [0.1, 0.15) is 10.7 Å². The van der Waals surface area contributed by atoms with Gasteiger partial charge in [-0.3, -0.25) is 9.82 Å². The van der Waals surface area contributed by atoms with E-state index in [1.54, 1.807) is 24.3 Å². The van der Waals surface area contributed by atoms with Crippen LogP contribution < -0.4 is 4.72 Å². The number of nitrogens with zero attached hydrogens (tertiary/aromatic N) is 1. The Kier molecular flexibility index (Phi) is 3.42. The van der Waals surface area contributed by atoms with Crippen molar-refractivity contribution in [3.63, 3.8) is 0 Å². The number of aromatic nitrogens is 2. The Labute approximate surface area is 128 Å². The van der Waals surface area contributed by atoms with Crippen LogP contribution in [0.5, 0.6) is 0 Å². The normalized spacial score (nSPS) is 11.7. The van der Waals surface area contributed by atoms with Crippen molar-refractivity contribution in [1.82, 2.24) is 10.2 Å². The summed E-state index contributed by atoms with van der Waals surface area (Å²) in [6, 6.07) is 10.8. The van der Waals surface area contributed by atoms with Gasteiger partial charge >= 0.3 is 0 Å². The van der Waals surface area contributed by atoms with Crippen LogP contribution in [0, 0.1) is 5.82 Å². The summed E-state index contributed by atoms with van der Waals surface area (Å²) < 4.78 is 41.1. The lowest BCUT2D eigenvalue weighted by Crippen LogP contribution is -2.15. The van der Waals surface area contributed by atoms with E-state index in [9.17, 15) is 12.8 Å². The number of sulfonamides is 1. The molecule has 0 aliphatic heterocycles. The second-order valence-corrected chi connectivity index (χ2v) is 6.86. The van der Waals surface area contributed by atoms with Gasteiger partial charge in [0.05, 0.1) is 5.52 Å². The van der Waals surface area contributed by atoms with Crippen molar-refractivity contribution in [1.29, 1.82) is 0 Å². The maximum absolute atomic E-state index is 13.8. The number of rotatable bonds is 3. The Hall–Kier alpha value is -1.93. The lowest BCUT2D eigenvalue weighted by Gasteiger charge is -2.07. The van der Waals surface area contributed by atoms with E-state index in [0.29, 0.717) is 15.4 Å². The van der Waals surface area contributed by atoms with Crippen LogP contribution in [0.2, 0.25) is 0 Å². The van der Waals surface area contributed by atoms with Gasteiger partial charge < -0.3 is 0 Å². The second-order valence-electron chi connectivity index (χ2n) is 4.30. The first-order valence-corrected chi connectivity index (χ1v) is 8.16. The van der Waals surface area contributed by atoms with E-state index in [-0.39, 0.29) is 5.82 Å². The first-order valence-electron chi connectivity index (χ1n) is 5.88. The molecule has 5 nitrogen and oxygen atoms in total. The summed E-state index contributed by atoms with van der Waals surface area (Å²) in [6.45, 7) is 0. The predicted octanol–water partition coefficient (Wildman–Crippen LogP) is 3.27. The van der Waals surface area contributed by atoms with Crippen molar-refractivity contribution in [2.45, 2.75) is 4.90 Å². The molecule has 1 heterocycles. The second kappa shape index (κ2) is 5.12. The number of hydrogen-bond donors (Lipinski definition) is 2. The Morgan fingerprint density at radius 1 is 1.19 bits per heavy atom. The average Bonchev–Trinajstić information content (AvgIpc) is 2.81. The zero-order valence-electron chi connectivity index (χ0n) is 10.5. The predicted molar refractivity (Wildman–Crippen MR) is 81.0 cm³/mol. The molecule has 0 aliphatic carbocycles. The van der Waals surface area contributed by atoms with Gasteiger partial charge in [0.2, 0.25) is 0 Å². The Balaban J connectivity index is 2.03. The molecule has 8 heteroatoms. The first-order chi connectivity index (χ1) is 9.97. The molecule has 2 aromatic carbocycles. The first kappa shape index (κ1) is 14.0. The molecule has 108 valence electrons. The highest BCUT2D eigenvalue weighted by molar-refractivity contribution is 9.10. The average molecular weight is 370 g/mol. The van der Waals surface area contributed by atoms with E-state index in [2.05, 4.69) is 30.8 Å². The number of benzene rings is 2. The number of H-pyrrole nitrogens is 1. The van der Waals surface area contributed by atoms with Gasteiger partial charge in [0.15, 0.2) is 5.82 Å². The van der Waals surface area contributed by atoms with Crippen LogP contribution >= 0.6 is 15.9 Å². The summed E-state index contributed by atoms with van der Waals surface area (Å²) in [7, 11) is -4.05. The van der Waals surface area contributed by atoms with Gasteiger partial charge in [-0.15, -0.1) is 0 Å². The fourth-order valence-corrected chi connectivity index (χ4v) is 3.33. The highest BCUT2D eigenvalue weighted by Gasteiger charge is 2.21. The minimum atomic E-state index is -4.05. The van der Waals surface area contributed by atoms with E-state index in [1.807, 2.05) is 0 Å². The van der Waals surface area contributed by atoms with Gasteiger partial charge in [-0.2, -0.15) is 5.10 Å². The van der Waals surface area contributed by atoms with Crippen LogP contribution in [0.15, 0.2) is 51.8 Å². The molecule has 0 unspecified atom stereocenters. The maximum atomic E-state index is 13.8. The lowest BCUT2D eigenvalue weighted by atomic mass is 10.2. The number of fused-ring (bicyclic) bond motifs is 1. The molecule has 3 aromatic rings. The summed E-state index contributed by atoms with van der Waals surface area (Å²) in [5, 5.41) is 7.22. The number of anilines is 1. The molecular weight excluding hydrogens is 361 g/mol. The van der Waals surface area contributed by atoms with Crippen molar-refractivity contribution in [3.05, 3.63) is 52.8 Å². The maximum Gasteiger partial charge on any atom is 0.266 e. The molecule has 0 amide bonds. The van der Waals surface area contributed by atoms with Crippen molar-refractivity contribution >= 4 is 42.7 Å². The smallest absolute Gasteiger partial charge is 0.266 e. The highest BCUT2D eigenvalue weighted by Crippen LogP contribution is 2.25. The number of aromatic amines is 1. The third-order valence-corrected chi connectivity index (χ3v) is 4.75. The summed E-state index contributed by atoms with van der Waals surface area (Å²) in [4.78, 5) is -0.433. The van der Waals surface area contributed by atoms with Crippen LogP contribution in [-0.2, 0) is 10.0 Å². The van der Waals surface area contributed by atoms with Crippen LogP contribution in [0.4, 0.5) is 10.2 Å². The molecule has 0 spiro atoms. The summed E-state index contributed by atoms with van der Waals surface area (Å²) in [5.41, 5.74) is 0.687. The minimum Gasteiger partial charge on any atom is -0.276 e. The van der Waals surface area contributed by atoms with Crippen molar-refractivity contribution in [2.75, 3.05) is 4.72 Å². The Bertz CT molecular complexity index is 924. The van der Waals surface area contributed by atoms with Crippen molar-refractivity contribution < 1.29 is 12.8 Å². The lowest BCUT2D eigenvalue weighted by molar-refractivity contribution is 0.569. The van der Waals surface area contributed by atoms with Gasteiger partial charge in [-0.05, 0) is 30.3 Å². The molecule has 1 aromatic heterocycles. The van der Waals surface area contributed by atoms with Crippen LogP contribution in [0.25, 0.3) is 10.9 Å². The van der Waals surface area contributed by atoms with E-state index in [1.165, 1.54) is 12.1 Å². The van der Waals surface area contributed by atoms with Gasteiger partial charge in [-0.1, -0.05) is 28.1 Å². The van der Waals surface area contributed by atoms with Crippen LogP contribution in [-0.4, -0.2) is 18.6 Å². The Morgan fingerprint density at radius 2 is 1.95 bits per heavy atom. The molecule has 0 aliphatic rings. The molecule has 0 fully saturated rings. The molecule has 2 N–H and O–H groups in total. The van der Waals surface area contributed by atoms with E-state index >= 15 is 0 Å². The topological polar surface area (TPSA) is 74.8 Å². The molecule has 0 saturated carbocycles. The van der Waals surface area contributed by atoms with Gasteiger partial charge in [0.25, 0.3) is 10.0 Å². The monoisotopic (exact) mass is 369 g/mol. The van der Waals surface area contributed by atoms with E-state index in [0.717, 1.165) is 6.07 Å². The highest BCUT2D eigenvalue weighted by atomic mass is 79.9. The van der Waals surface area contributed by atoms with Crippen LogP contribution in [0.3, 0.4) is 0 Å². The third-order valence-electron chi connectivity index (χ3n) is 2.88. The number of nitrogens with one attached hydrogen (secondary N) is 2. The molecular formula is C13H9BrFN3O2S. The summed E-state index contributed by atoms with van der Waals surface area (Å²) in [5.74, 6) is -0.704. The molecule has 3 rings (SSSR count). The van der Waals surface area contributed by atoms with Crippen LogP contribution in [0.1, 0.15) is 0 Å². The molecule has 0 atom stereocenters. The standard InChI is InChI=1S/C13H9BrFN3O2S/c14-8-5-6-12(10(15)7-8)21(19,20)18-13-9-3-1-2-4-11(9)16-17-13/h1-7H,(H2,16,17,18). The van der Waals surface area contributed by atoms with E-state index < -0.39 is 20.7 Å². The largest absolute Gasteiger partial charge is 0.276 e. The van der Waals surface area contributed by atoms with E-state index in [4.69, 9.17) is 0 Å². The van der Waals surface area contributed by atoms with Crippen molar-refractivity contribution in [3.8, 4) is 0 Å². The summed E-state index contributed by atoms with van der Waals surface area (Å²) in [6.07, 6.45) is 0. The SMILES string of the molecule is O=S(=O)(Nc1n[nH]c2ccccc12)c1ccc(Br)cc1F. The molecule has 0 saturated heterocycles. The summed E-state index contributed by atoms with van der Waals surface area (Å²) >= 11 is 3.08. The molecule has 0 radical (unpaired) electrons. The Morgan fingerprint density at radius 3 is 2.71 bits per heavy atom.